The molecule has 0 saturated heterocycles. The molecular formula is C27H28Cl3N3O5S. The highest BCUT2D eigenvalue weighted by molar-refractivity contribution is 7.92. The van der Waals surface area contributed by atoms with Crippen molar-refractivity contribution in [2.45, 2.75) is 31.3 Å². The number of halogens is 3. The molecule has 1 atom stereocenters. The number of carbonyl (C=O) groups excluding carboxylic acids is 2. The molecule has 0 unspecified atom stereocenters. The number of carbonyl (C=O) groups is 2. The maximum atomic E-state index is 13.8. The SMILES string of the molecule is CCOc1ccc(N(CC(=O)N(Cc2c(Cl)cccc2Cl)[C@H](C)C(=O)NC)S(=O)(=O)c2ccc(Cl)cc2)cc1. The largest absolute Gasteiger partial charge is 0.494 e. The van der Waals surface area contributed by atoms with E-state index in [2.05, 4.69) is 5.32 Å². The molecule has 0 aromatic heterocycles. The molecule has 3 rings (SSSR count). The van der Waals surface area contributed by atoms with E-state index in [1.165, 1.54) is 43.1 Å². The predicted molar refractivity (Wildman–Crippen MR) is 154 cm³/mol. The van der Waals surface area contributed by atoms with Crippen molar-refractivity contribution in [3.05, 3.63) is 87.4 Å². The number of sulfonamides is 1. The first kappa shape index (κ1) is 30.6. The number of benzene rings is 3. The summed E-state index contributed by atoms with van der Waals surface area (Å²) in [6.45, 7) is 3.07. The zero-order valence-corrected chi connectivity index (χ0v) is 24.6. The van der Waals surface area contributed by atoms with Gasteiger partial charge in [0.05, 0.1) is 17.2 Å². The Kier molecular flexibility index (Phi) is 10.5. The van der Waals surface area contributed by atoms with Gasteiger partial charge in [-0.1, -0.05) is 40.9 Å². The first-order chi connectivity index (χ1) is 18.5. The van der Waals surface area contributed by atoms with Gasteiger partial charge in [0, 0.05) is 34.2 Å². The highest BCUT2D eigenvalue weighted by Crippen LogP contribution is 2.29. The zero-order valence-electron chi connectivity index (χ0n) is 21.5. The number of hydrogen-bond donors (Lipinski definition) is 1. The Morgan fingerprint density at radius 2 is 1.54 bits per heavy atom. The molecule has 0 radical (unpaired) electrons. The molecule has 0 spiro atoms. The highest BCUT2D eigenvalue weighted by atomic mass is 35.5. The lowest BCUT2D eigenvalue weighted by molar-refractivity contribution is -0.139. The fourth-order valence-electron chi connectivity index (χ4n) is 3.78. The smallest absolute Gasteiger partial charge is 0.264 e. The average molecular weight is 613 g/mol. The molecule has 3 aromatic rings. The Hall–Kier alpha value is -2.98. The van der Waals surface area contributed by atoms with Gasteiger partial charge in [-0.15, -0.1) is 0 Å². The minimum absolute atomic E-state index is 0.0615. The lowest BCUT2D eigenvalue weighted by Gasteiger charge is -2.32. The fourth-order valence-corrected chi connectivity index (χ4v) is 5.84. The molecule has 3 aromatic carbocycles. The molecule has 39 heavy (non-hydrogen) atoms. The second-order valence-corrected chi connectivity index (χ2v) is 11.5. The van der Waals surface area contributed by atoms with Crippen LogP contribution in [0, 0.1) is 0 Å². The highest BCUT2D eigenvalue weighted by Gasteiger charge is 2.33. The number of nitrogens with zero attached hydrogens (tertiary/aromatic N) is 2. The Morgan fingerprint density at radius 1 is 0.949 bits per heavy atom. The number of nitrogens with one attached hydrogen (secondary N) is 1. The second kappa shape index (κ2) is 13.4. The van der Waals surface area contributed by atoms with Crippen molar-refractivity contribution in [1.29, 1.82) is 0 Å². The van der Waals surface area contributed by atoms with Crippen molar-refractivity contribution in [2.24, 2.45) is 0 Å². The van der Waals surface area contributed by atoms with E-state index >= 15 is 0 Å². The monoisotopic (exact) mass is 611 g/mol. The third kappa shape index (κ3) is 7.36. The number of likely N-dealkylation sites (N-methyl/N-ethyl adjacent to an activating group) is 1. The van der Waals surface area contributed by atoms with Crippen LogP contribution in [0.4, 0.5) is 5.69 Å². The first-order valence-electron chi connectivity index (χ1n) is 11.9. The molecule has 12 heteroatoms. The first-order valence-corrected chi connectivity index (χ1v) is 14.5. The molecule has 2 amide bonds. The van der Waals surface area contributed by atoms with Crippen LogP contribution < -0.4 is 14.4 Å². The van der Waals surface area contributed by atoms with Gasteiger partial charge in [-0.25, -0.2) is 8.42 Å². The van der Waals surface area contributed by atoms with Crippen LogP contribution in [0.5, 0.6) is 5.75 Å². The molecule has 0 bridgehead atoms. The molecule has 208 valence electrons. The molecule has 1 N–H and O–H groups in total. The molecule has 8 nitrogen and oxygen atoms in total. The van der Waals surface area contributed by atoms with E-state index in [1.54, 1.807) is 42.5 Å². The summed E-state index contributed by atoms with van der Waals surface area (Å²) in [7, 11) is -2.79. The fraction of sp³-hybridized carbons (Fsp3) is 0.259. The number of rotatable bonds is 11. The van der Waals surface area contributed by atoms with Crippen molar-refractivity contribution in [3.63, 3.8) is 0 Å². The van der Waals surface area contributed by atoms with Gasteiger partial charge >= 0.3 is 0 Å². The summed E-state index contributed by atoms with van der Waals surface area (Å²) in [4.78, 5) is 27.6. The minimum atomic E-state index is -4.23. The quantitative estimate of drug-likeness (QED) is 0.313. The van der Waals surface area contributed by atoms with Crippen LogP contribution in [0.2, 0.25) is 15.1 Å². The van der Waals surface area contributed by atoms with Crippen LogP contribution in [-0.2, 0) is 26.2 Å². The second-order valence-electron chi connectivity index (χ2n) is 8.40. The average Bonchev–Trinajstić information content (AvgIpc) is 2.91. The summed E-state index contributed by atoms with van der Waals surface area (Å²) in [5.74, 6) is -0.548. The topological polar surface area (TPSA) is 96.0 Å². The van der Waals surface area contributed by atoms with E-state index in [0.717, 1.165) is 4.31 Å². The molecule has 0 heterocycles. The molecular weight excluding hydrogens is 585 g/mol. The van der Waals surface area contributed by atoms with Crippen molar-refractivity contribution in [2.75, 3.05) is 24.5 Å². The van der Waals surface area contributed by atoms with Crippen LogP contribution in [0.1, 0.15) is 19.4 Å². The molecule has 0 aliphatic heterocycles. The molecule has 0 aliphatic carbocycles. The van der Waals surface area contributed by atoms with Gasteiger partial charge in [0.2, 0.25) is 11.8 Å². The van der Waals surface area contributed by atoms with Gasteiger partial charge in [0.1, 0.15) is 18.3 Å². The third-order valence-corrected chi connectivity index (χ3v) is 8.67. The summed E-state index contributed by atoms with van der Waals surface area (Å²) in [5.41, 5.74) is 0.656. The van der Waals surface area contributed by atoms with Gasteiger partial charge in [0.25, 0.3) is 10.0 Å². The van der Waals surface area contributed by atoms with E-state index < -0.39 is 34.4 Å². The van der Waals surface area contributed by atoms with Crippen LogP contribution in [0.3, 0.4) is 0 Å². The maximum absolute atomic E-state index is 13.8. The van der Waals surface area contributed by atoms with Crippen molar-refractivity contribution >= 4 is 62.3 Å². The number of hydrogen-bond acceptors (Lipinski definition) is 5. The van der Waals surface area contributed by atoms with Crippen molar-refractivity contribution in [3.8, 4) is 5.75 Å². The summed E-state index contributed by atoms with van der Waals surface area (Å²) in [5, 5.41) is 3.50. The Morgan fingerprint density at radius 3 is 2.08 bits per heavy atom. The van der Waals surface area contributed by atoms with Crippen molar-refractivity contribution in [1.82, 2.24) is 10.2 Å². The lowest BCUT2D eigenvalue weighted by Crippen LogP contribution is -2.50. The molecule has 0 fully saturated rings. The lowest BCUT2D eigenvalue weighted by atomic mass is 10.1. The van der Waals surface area contributed by atoms with Crippen LogP contribution in [0.15, 0.2) is 71.6 Å². The Labute approximate surface area is 243 Å². The summed E-state index contributed by atoms with van der Waals surface area (Å²) >= 11 is 18.7. The van der Waals surface area contributed by atoms with Gasteiger partial charge in [-0.05, 0) is 74.5 Å². The van der Waals surface area contributed by atoms with Gasteiger partial charge < -0.3 is 15.0 Å². The van der Waals surface area contributed by atoms with Crippen LogP contribution >= 0.6 is 34.8 Å². The molecule has 0 saturated carbocycles. The summed E-state index contributed by atoms with van der Waals surface area (Å²) in [6, 6.07) is 15.9. The summed E-state index contributed by atoms with van der Waals surface area (Å²) < 4.78 is 34.1. The standard InChI is InChI=1S/C27H28Cl3N3O5S/c1-4-38-21-12-10-20(11-13-21)33(39(36,37)22-14-8-19(28)9-15-22)17-26(34)32(18(2)27(35)31-3)16-23-24(29)6-5-7-25(23)30/h5-15,18H,4,16-17H2,1-3H3,(H,31,35)/t18-/m1/s1. The van der Waals surface area contributed by atoms with E-state index in [9.17, 15) is 18.0 Å². The van der Waals surface area contributed by atoms with E-state index in [0.29, 0.717) is 33.0 Å². The van der Waals surface area contributed by atoms with Gasteiger partial charge in [-0.3, -0.25) is 13.9 Å². The van der Waals surface area contributed by atoms with Gasteiger partial charge in [-0.2, -0.15) is 0 Å². The summed E-state index contributed by atoms with van der Waals surface area (Å²) in [6.07, 6.45) is 0. The molecule has 0 aliphatic rings. The van der Waals surface area contributed by atoms with Crippen LogP contribution in [-0.4, -0.2) is 51.4 Å². The number of ether oxygens (including phenoxy) is 1. The zero-order chi connectivity index (χ0) is 28.7. The minimum Gasteiger partial charge on any atom is -0.494 e. The van der Waals surface area contributed by atoms with E-state index in [1.807, 2.05) is 6.92 Å². The van der Waals surface area contributed by atoms with Gasteiger partial charge in [0.15, 0.2) is 0 Å². The predicted octanol–water partition coefficient (Wildman–Crippen LogP) is 5.40. The van der Waals surface area contributed by atoms with Crippen LogP contribution in [0.25, 0.3) is 0 Å². The normalized spacial score (nSPS) is 11.9. The van der Waals surface area contributed by atoms with E-state index in [-0.39, 0.29) is 17.1 Å². The Balaban J connectivity index is 2.06. The van der Waals surface area contributed by atoms with Crippen molar-refractivity contribution < 1.29 is 22.7 Å². The number of anilines is 1. The number of amides is 2. The van der Waals surface area contributed by atoms with E-state index in [4.69, 9.17) is 39.5 Å². The Bertz CT molecular complexity index is 1400. The maximum Gasteiger partial charge on any atom is 0.264 e. The third-order valence-electron chi connectivity index (χ3n) is 5.92.